The monoisotopic (exact) mass is 265 g/mol. The molecule has 1 aromatic heterocycles. The van der Waals surface area contributed by atoms with E-state index in [1.807, 2.05) is 13.0 Å². The van der Waals surface area contributed by atoms with Crippen LogP contribution in [-0.2, 0) is 16.6 Å². The number of nitrogens with two attached hydrogens (primary N) is 1. The van der Waals surface area contributed by atoms with Crippen LogP contribution in [-0.4, -0.2) is 40.2 Å². The van der Waals surface area contributed by atoms with E-state index in [0.29, 0.717) is 13.0 Å². The number of aromatic nitrogens is 2. The number of hydrogen-bond donors (Lipinski definition) is 2. The molecule has 1 aromatic rings. The van der Waals surface area contributed by atoms with Gasteiger partial charge < -0.3 is 11.1 Å². The van der Waals surface area contributed by atoms with Crippen LogP contribution in [0.4, 0.5) is 5.82 Å². The Labute approximate surface area is 111 Å². The molecule has 7 nitrogen and oxygen atoms in total. The Balaban J connectivity index is 2.10. The fourth-order valence-electron chi connectivity index (χ4n) is 2.19. The third kappa shape index (κ3) is 2.60. The molecule has 0 radical (unpaired) electrons. The SMILES string of the molecule is Cc1cc(N2CCC(NC(=O)[C@@H](C)N)C2=O)n(C)n1. The molecule has 0 spiro atoms. The Kier molecular flexibility index (Phi) is 3.57. The fraction of sp³-hybridized carbons (Fsp3) is 0.583. The molecular weight excluding hydrogens is 246 g/mol. The van der Waals surface area contributed by atoms with Crippen molar-refractivity contribution in [1.29, 1.82) is 0 Å². The molecule has 1 fully saturated rings. The molecule has 1 aliphatic rings. The van der Waals surface area contributed by atoms with Crippen LogP contribution in [0.25, 0.3) is 0 Å². The minimum Gasteiger partial charge on any atom is -0.343 e. The summed E-state index contributed by atoms with van der Waals surface area (Å²) in [5.74, 6) is 0.332. The summed E-state index contributed by atoms with van der Waals surface area (Å²) in [5, 5.41) is 6.89. The van der Waals surface area contributed by atoms with E-state index in [1.54, 1.807) is 23.6 Å². The first-order valence-corrected chi connectivity index (χ1v) is 6.28. The molecule has 1 aliphatic heterocycles. The summed E-state index contributed by atoms with van der Waals surface area (Å²) in [6.45, 7) is 4.04. The summed E-state index contributed by atoms with van der Waals surface area (Å²) >= 11 is 0. The summed E-state index contributed by atoms with van der Waals surface area (Å²) in [4.78, 5) is 25.4. The topological polar surface area (TPSA) is 93.3 Å². The van der Waals surface area contributed by atoms with Gasteiger partial charge in [0, 0.05) is 19.7 Å². The Morgan fingerprint density at radius 2 is 2.32 bits per heavy atom. The van der Waals surface area contributed by atoms with E-state index < -0.39 is 12.1 Å². The van der Waals surface area contributed by atoms with Crippen molar-refractivity contribution in [3.63, 3.8) is 0 Å². The molecule has 19 heavy (non-hydrogen) atoms. The molecule has 2 atom stereocenters. The van der Waals surface area contributed by atoms with Crippen LogP contribution in [0.15, 0.2) is 6.07 Å². The van der Waals surface area contributed by atoms with Crippen molar-refractivity contribution >= 4 is 17.6 Å². The van der Waals surface area contributed by atoms with Gasteiger partial charge in [-0.25, -0.2) is 0 Å². The highest BCUT2D eigenvalue weighted by Crippen LogP contribution is 2.21. The summed E-state index contributed by atoms with van der Waals surface area (Å²) in [6, 6.07) is 0.753. The van der Waals surface area contributed by atoms with Gasteiger partial charge in [-0.05, 0) is 20.3 Å². The van der Waals surface area contributed by atoms with Crippen LogP contribution in [0.1, 0.15) is 19.0 Å². The van der Waals surface area contributed by atoms with Crippen molar-refractivity contribution in [2.75, 3.05) is 11.4 Å². The second-order valence-corrected chi connectivity index (χ2v) is 4.90. The van der Waals surface area contributed by atoms with Crippen LogP contribution in [0.5, 0.6) is 0 Å². The third-order valence-corrected chi connectivity index (χ3v) is 3.19. The lowest BCUT2D eigenvalue weighted by Gasteiger charge is -2.17. The first kappa shape index (κ1) is 13.5. The Bertz CT molecular complexity index is 508. The van der Waals surface area contributed by atoms with Gasteiger partial charge in [0.25, 0.3) is 5.91 Å². The molecule has 2 amide bonds. The first-order chi connectivity index (χ1) is 8.90. The van der Waals surface area contributed by atoms with Crippen molar-refractivity contribution in [2.45, 2.75) is 32.4 Å². The molecule has 7 heteroatoms. The van der Waals surface area contributed by atoms with E-state index in [0.717, 1.165) is 11.5 Å². The largest absolute Gasteiger partial charge is 0.343 e. The molecule has 1 unspecified atom stereocenters. The van der Waals surface area contributed by atoms with E-state index in [1.165, 1.54) is 0 Å². The number of anilines is 1. The summed E-state index contributed by atoms with van der Waals surface area (Å²) in [7, 11) is 1.80. The summed E-state index contributed by atoms with van der Waals surface area (Å²) in [5.41, 5.74) is 6.34. The molecule has 2 heterocycles. The maximum atomic E-state index is 12.3. The van der Waals surface area contributed by atoms with E-state index in [9.17, 15) is 9.59 Å². The highest BCUT2D eigenvalue weighted by atomic mass is 16.2. The van der Waals surface area contributed by atoms with Crippen LogP contribution >= 0.6 is 0 Å². The van der Waals surface area contributed by atoms with Crippen molar-refractivity contribution in [3.8, 4) is 0 Å². The second-order valence-electron chi connectivity index (χ2n) is 4.90. The quantitative estimate of drug-likeness (QED) is 0.755. The number of nitrogens with zero attached hydrogens (tertiary/aromatic N) is 3. The van der Waals surface area contributed by atoms with E-state index in [-0.39, 0.29) is 11.8 Å². The standard InChI is InChI=1S/C12H19N5O2/c1-7-6-10(16(3)15-7)17-5-4-9(12(17)19)14-11(18)8(2)13/h6,8-9H,4-5,13H2,1-3H3,(H,14,18)/t8-,9?/m1/s1. The number of rotatable bonds is 3. The Morgan fingerprint density at radius 1 is 1.63 bits per heavy atom. The lowest BCUT2D eigenvalue weighted by Crippen LogP contribution is -2.47. The molecule has 104 valence electrons. The molecule has 3 N–H and O–H groups in total. The molecule has 1 saturated heterocycles. The minimum atomic E-state index is -0.610. The number of amides is 2. The van der Waals surface area contributed by atoms with Gasteiger partial charge in [-0.15, -0.1) is 0 Å². The van der Waals surface area contributed by atoms with E-state index in [4.69, 9.17) is 5.73 Å². The fourth-order valence-corrected chi connectivity index (χ4v) is 2.19. The Hall–Kier alpha value is -1.89. The zero-order chi connectivity index (χ0) is 14.2. The molecule has 0 aromatic carbocycles. The van der Waals surface area contributed by atoms with Crippen LogP contribution in [0, 0.1) is 6.92 Å². The van der Waals surface area contributed by atoms with Crippen molar-refractivity contribution in [1.82, 2.24) is 15.1 Å². The van der Waals surface area contributed by atoms with Crippen LogP contribution < -0.4 is 16.0 Å². The summed E-state index contributed by atoms with van der Waals surface area (Å²) < 4.78 is 1.67. The second kappa shape index (κ2) is 5.00. The number of carbonyl (C=O) groups excluding carboxylic acids is 2. The van der Waals surface area contributed by atoms with E-state index >= 15 is 0 Å². The molecular formula is C12H19N5O2. The number of hydrogen-bond acceptors (Lipinski definition) is 4. The number of aryl methyl sites for hydroxylation is 2. The van der Waals surface area contributed by atoms with Gasteiger partial charge in [0.15, 0.2) is 0 Å². The van der Waals surface area contributed by atoms with Gasteiger partial charge in [0.1, 0.15) is 11.9 Å². The molecule has 2 rings (SSSR count). The summed E-state index contributed by atoms with van der Waals surface area (Å²) in [6.07, 6.45) is 0.585. The highest BCUT2D eigenvalue weighted by Gasteiger charge is 2.35. The maximum Gasteiger partial charge on any atom is 0.250 e. The van der Waals surface area contributed by atoms with Gasteiger partial charge >= 0.3 is 0 Å². The zero-order valence-electron chi connectivity index (χ0n) is 11.4. The zero-order valence-corrected chi connectivity index (χ0v) is 11.4. The molecule has 0 aliphatic carbocycles. The van der Waals surface area contributed by atoms with Crippen LogP contribution in [0.2, 0.25) is 0 Å². The van der Waals surface area contributed by atoms with E-state index in [2.05, 4.69) is 10.4 Å². The van der Waals surface area contributed by atoms with Crippen LogP contribution in [0.3, 0.4) is 0 Å². The predicted octanol–water partition coefficient (Wildman–Crippen LogP) is -0.703. The van der Waals surface area contributed by atoms with Crippen molar-refractivity contribution < 1.29 is 9.59 Å². The minimum absolute atomic E-state index is 0.114. The number of carbonyl (C=O) groups is 2. The normalized spacial score (nSPS) is 20.7. The Morgan fingerprint density at radius 3 is 2.84 bits per heavy atom. The first-order valence-electron chi connectivity index (χ1n) is 6.28. The average Bonchev–Trinajstić information content (AvgIpc) is 2.83. The predicted molar refractivity (Wildman–Crippen MR) is 70.5 cm³/mol. The van der Waals surface area contributed by atoms with Crippen molar-refractivity contribution in [2.24, 2.45) is 12.8 Å². The highest BCUT2D eigenvalue weighted by molar-refractivity contribution is 6.01. The average molecular weight is 265 g/mol. The van der Waals surface area contributed by atoms with Crippen molar-refractivity contribution in [3.05, 3.63) is 11.8 Å². The third-order valence-electron chi connectivity index (χ3n) is 3.19. The molecule has 0 bridgehead atoms. The van der Waals surface area contributed by atoms with Gasteiger partial charge in [-0.1, -0.05) is 0 Å². The van der Waals surface area contributed by atoms with Gasteiger partial charge in [-0.3, -0.25) is 19.2 Å². The van der Waals surface area contributed by atoms with Gasteiger partial charge in [0.05, 0.1) is 11.7 Å². The lowest BCUT2D eigenvalue weighted by atomic mass is 10.2. The molecule has 0 saturated carbocycles. The maximum absolute atomic E-state index is 12.3. The smallest absolute Gasteiger partial charge is 0.250 e. The van der Waals surface area contributed by atoms with Gasteiger partial charge in [-0.2, -0.15) is 5.10 Å². The lowest BCUT2D eigenvalue weighted by molar-refractivity contribution is -0.127. The number of nitrogens with one attached hydrogen (secondary N) is 1. The van der Waals surface area contributed by atoms with Gasteiger partial charge in [0.2, 0.25) is 5.91 Å².